The first kappa shape index (κ1) is 19.5. The summed E-state index contributed by atoms with van der Waals surface area (Å²) >= 11 is 0. The number of amides is 1. The van der Waals surface area contributed by atoms with Crippen LogP contribution in [0, 0.1) is 0 Å². The van der Waals surface area contributed by atoms with Crippen LogP contribution in [0.5, 0.6) is 11.5 Å². The average Bonchev–Trinajstić information content (AvgIpc) is 2.75. The van der Waals surface area contributed by atoms with Crippen LogP contribution >= 0.6 is 0 Å². The fraction of sp³-hybridized carbons (Fsp3) is 0.333. The number of nitrogens with zero attached hydrogens (tertiary/aromatic N) is 1. The number of rotatable bonds is 7. The molecule has 1 aliphatic heterocycles. The van der Waals surface area contributed by atoms with Crippen molar-refractivity contribution in [1.29, 1.82) is 0 Å². The Morgan fingerprint density at radius 3 is 2.57 bits per heavy atom. The number of aliphatic imine (C=N–C) groups is 1. The number of ether oxygens (including phenoxy) is 2. The normalized spacial score (nSPS) is 15.6. The molecule has 7 nitrogen and oxygen atoms in total. The van der Waals surface area contributed by atoms with Crippen LogP contribution in [-0.2, 0) is 11.3 Å². The van der Waals surface area contributed by atoms with E-state index in [2.05, 4.69) is 20.9 Å². The summed E-state index contributed by atoms with van der Waals surface area (Å²) in [5.41, 5.74) is 1.08. The third-order valence-corrected chi connectivity index (χ3v) is 4.27. The van der Waals surface area contributed by atoms with Gasteiger partial charge in [-0.1, -0.05) is 42.5 Å². The van der Waals surface area contributed by atoms with Gasteiger partial charge in [0.1, 0.15) is 12.7 Å². The summed E-state index contributed by atoms with van der Waals surface area (Å²) in [5, 5.41) is 9.25. The van der Waals surface area contributed by atoms with Crippen LogP contribution in [0.1, 0.15) is 12.0 Å². The molecule has 0 bridgehead atoms. The number of fused-ring (bicyclic) bond motifs is 1. The molecule has 1 amide bonds. The van der Waals surface area contributed by atoms with E-state index in [1.807, 2.05) is 54.6 Å². The summed E-state index contributed by atoms with van der Waals surface area (Å²) < 4.78 is 11.6. The van der Waals surface area contributed by atoms with Crippen LogP contribution in [0.15, 0.2) is 59.6 Å². The Bertz CT molecular complexity index is 795. The number of benzene rings is 2. The highest BCUT2D eigenvalue weighted by Crippen LogP contribution is 2.30. The Morgan fingerprint density at radius 1 is 1.04 bits per heavy atom. The molecule has 1 atom stereocenters. The van der Waals surface area contributed by atoms with E-state index in [0.717, 1.165) is 17.1 Å². The van der Waals surface area contributed by atoms with Crippen molar-refractivity contribution in [1.82, 2.24) is 16.0 Å². The fourth-order valence-electron chi connectivity index (χ4n) is 2.77. The van der Waals surface area contributed by atoms with Gasteiger partial charge in [-0.05, 0) is 17.7 Å². The number of para-hydroxylation sites is 2. The molecule has 0 aromatic heterocycles. The van der Waals surface area contributed by atoms with Gasteiger partial charge in [0.05, 0.1) is 6.54 Å². The van der Waals surface area contributed by atoms with Crippen molar-refractivity contribution in [3.63, 3.8) is 0 Å². The zero-order chi connectivity index (χ0) is 19.6. The molecule has 1 heterocycles. The molecule has 0 aliphatic carbocycles. The number of hydrogen-bond donors (Lipinski definition) is 3. The minimum absolute atomic E-state index is 0.00701. The largest absolute Gasteiger partial charge is 0.486 e. The van der Waals surface area contributed by atoms with Crippen LogP contribution in [0.25, 0.3) is 0 Å². The SMILES string of the molecule is CN=C(NCCC(=O)NCc1ccccc1)NCC1COc2ccccc2O1. The Hall–Kier alpha value is -3.22. The quantitative estimate of drug-likeness (QED) is 0.501. The van der Waals surface area contributed by atoms with Gasteiger partial charge in [-0.3, -0.25) is 9.79 Å². The van der Waals surface area contributed by atoms with E-state index in [0.29, 0.717) is 38.6 Å². The van der Waals surface area contributed by atoms with Gasteiger partial charge in [0.2, 0.25) is 5.91 Å². The van der Waals surface area contributed by atoms with E-state index >= 15 is 0 Å². The second-order valence-electron chi connectivity index (χ2n) is 6.39. The van der Waals surface area contributed by atoms with Gasteiger partial charge in [0.15, 0.2) is 17.5 Å². The highest BCUT2D eigenvalue weighted by atomic mass is 16.6. The maximum Gasteiger partial charge on any atom is 0.222 e. The Balaban J connectivity index is 1.33. The third-order valence-electron chi connectivity index (χ3n) is 4.27. The van der Waals surface area contributed by atoms with E-state index in [1.54, 1.807) is 7.05 Å². The molecule has 0 fully saturated rings. The summed E-state index contributed by atoms with van der Waals surface area (Å²) in [6, 6.07) is 17.5. The molecule has 1 aliphatic rings. The lowest BCUT2D eigenvalue weighted by molar-refractivity contribution is -0.121. The van der Waals surface area contributed by atoms with Gasteiger partial charge < -0.3 is 25.4 Å². The first-order chi connectivity index (χ1) is 13.7. The van der Waals surface area contributed by atoms with Crippen LogP contribution in [0.3, 0.4) is 0 Å². The zero-order valence-electron chi connectivity index (χ0n) is 16.0. The second kappa shape index (κ2) is 10.2. The number of carbonyl (C=O) groups is 1. The van der Waals surface area contributed by atoms with Crippen molar-refractivity contribution in [3.05, 3.63) is 60.2 Å². The Morgan fingerprint density at radius 2 is 1.79 bits per heavy atom. The van der Waals surface area contributed by atoms with Gasteiger partial charge in [-0.15, -0.1) is 0 Å². The maximum absolute atomic E-state index is 12.0. The molecule has 0 saturated heterocycles. The van der Waals surface area contributed by atoms with Crippen molar-refractivity contribution < 1.29 is 14.3 Å². The van der Waals surface area contributed by atoms with Gasteiger partial charge in [0, 0.05) is 26.6 Å². The molecule has 1 unspecified atom stereocenters. The lowest BCUT2D eigenvalue weighted by Crippen LogP contribution is -2.46. The molecule has 148 valence electrons. The molecule has 0 spiro atoms. The average molecular weight is 382 g/mol. The van der Waals surface area contributed by atoms with Gasteiger partial charge in [-0.25, -0.2) is 0 Å². The van der Waals surface area contributed by atoms with E-state index in [4.69, 9.17) is 9.47 Å². The van der Waals surface area contributed by atoms with Gasteiger partial charge >= 0.3 is 0 Å². The van der Waals surface area contributed by atoms with Crippen LogP contribution in [-0.4, -0.2) is 44.7 Å². The third kappa shape index (κ3) is 5.90. The first-order valence-corrected chi connectivity index (χ1v) is 9.38. The molecule has 0 saturated carbocycles. The highest BCUT2D eigenvalue weighted by Gasteiger charge is 2.20. The second-order valence-corrected chi connectivity index (χ2v) is 6.39. The topological polar surface area (TPSA) is 84.0 Å². The molecular formula is C21H26N4O3. The smallest absolute Gasteiger partial charge is 0.222 e. The monoisotopic (exact) mass is 382 g/mol. The molecule has 28 heavy (non-hydrogen) atoms. The predicted octanol–water partition coefficient (Wildman–Crippen LogP) is 1.70. The summed E-state index contributed by atoms with van der Waals surface area (Å²) in [5.74, 6) is 2.13. The number of nitrogens with one attached hydrogen (secondary N) is 3. The van der Waals surface area contributed by atoms with Crippen LogP contribution in [0.2, 0.25) is 0 Å². The summed E-state index contributed by atoms with van der Waals surface area (Å²) in [6.45, 7) is 2.05. The lowest BCUT2D eigenvalue weighted by Gasteiger charge is -2.27. The van der Waals surface area contributed by atoms with Crippen LogP contribution < -0.4 is 25.4 Å². The maximum atomic E-state index is 12.0. The summed E-state index contributed by atoms with van der Waals surface area (Å²) in [6.07, 6.45) is 0.256. The van der Waals surface area contributed by atoms with E-state index in [-0.39, 0.29) is 12.0 Å². The molecule has 2 aromatic rings. The van der Waals surface area contributed by atoms with E-state index in [9.17, 15) is 4.79 Å². The Labute approximate surface area is 165 Å². The number of hydrogen-bond acceptors (Lipinski definition) is 4. The molecule has 3 rings (SSSR count). The minimum Gasteiger partial charge on any atom is -0.486 e. The predicted molar refractivity (Wildman–Crippen MR) is 109 cm³/mol. The van der Waals surface area contributed by atoms with Gasteiger partial charge in [0.25, 0.3) is 0 Å². The molecule has 7 heteroatoms. The van der Waals surface area contributed by atoms with Crippen molar-refractivity contribution in [2.75, 3.05) is 26.7 Å². The van der Waals surface area contributed by atoms with Gasteiger partial charge in [-0.2, -0.15) is 0 Å². The minimum atomic E-state index is -0.109. The first-order valence-electron chi connectivity index (χ1n) is 9.38. The molecular weight excluding hydrogens is 356 g/mol. The van der Waals surface area contributed by atoms with Crippen molar-refractivity contribution in [2.24, 2.45) is 4.99 Å². The van der Waals surface area contributed by atoms with E-state index < -0.39 is 0 Å². The molecule has 0 radical (unpaired) electrons. The number of carbonyl (C=O) groups excluding carboxylic acids is 1. The molecule has 3 N–H and O–H groups in total. The zero-order valence-corrected chi connectivity index (χ0v) is 16.0. The van der Waals surface area contributed by atoms with Crippen molar-refractivity contribution in [2.45, 2.75) is 19.1 Å². The summed E-state index contributed by atoms with van der Waals surface area (Å²) in [4.78, 5) is 16.1. The highest BCUT2D eigenvalue weighted by molar-refractivity contribution is 5.81. The van der Waals surface area contributed by atoms with Crippen molar-refractivity contribution in [3.8, 4) is 11.5 Å². The standard InChI is InChI=1S/C21H26N4O3/c1-22-21(23-12-11-20(26)24-13-16-7-3-2-4-8-16)25-14-17-15-27-18-9-5-6-10-19(18)28-17/h2-10,17H,11-15H2,1H3,(H,24,26)(H2,22,23,25). The summed E-state index contributed by atoms with van der Waals surface area (Å²) in [7, 11) is 1.69. The lowest BCUT2D eigenvalue weighted by atomic mass is 10.2. The van der Waals surface area contributed by atoms with E-state index in [1.165, 1.54) is 0 Å². The number of guanidine groups is 1. The molecule has 2 aromatic carbocycles. The van der Waals surface area contributed by atoms with Crippen molar-refractivity contribution >= 4 is 11.9 Å². The van der Waals surface area contributed by atoms with Crippen LogP contribution in [0.4, 0.5) is 0 Å². The Kier molecular flexibility index (Phi) is 7.12. The fourth-order valence-corrected chi connectivity index (χ4v) is 2.77.